The predicted molar refractivity (Wildman–Crippen MR) is 75.3 cm³/mol. The Labute approximate surface area is 119 Å². The van der Waals surface area contributed by atoms with Crippen LogP contribution < -0.4 is 5.32 Å². The van der Waals surface area contributed by atoms with Crippen molar-refractivity contribution in [3.63, 3.8) is 0 Å². The highest BCUT2D eigenvalue weighted by Gasteiger charge is 2.22. The molecular formula is C14H16BrF2NO. The number of hydrogen-bond acceptors (Lipinski definition) is 2. The topological polar surface area (TPSA) is 25.2 Å². The Morgan fingerprint density at radius 1 is 1.42 bits per heavy atom. The Morgan fingerprint density at radius 3 is 2.74 bits per heavy atom. The largest absolute Gasteiger partial charge is 0.456 e. The van der Waals surface area contributed by atoms with Crippen LogP contribution in [0, 0.1) is 18.6 Å². The molecule has 0 saturated carbocycles. The smallest absolute Gasteiger partial charge is 0.201 e. The monoisotopic (exact) mass is 331 g/mol. The Kier molecular flexibility index (Phi) is 4.26. The zero-order valence-electron chi connectivity index (χ0n) is 11.1. The molecule has 1 unspecified atom stereocenters. The summed E-state index contributed by atoms with van der Waals surface area (Å²) in [6, 6.07) is 1.09. The minimum absolute atomic E-state index is 0.0236. The van der Waals surface area contributed by atoms with Gasteiger partial charge < -0.3 is 9.73 Å². The summed E-state index contributed by atoms with van der Waals surface area (Å²) >= 11 is 3.26. The van der Waals surface area contributed by atoms with E-state index in [1.54, 1.807) is 0 Å². The fourth-order valence-corrected chi connectivity index (χ4v) is 2.87. The van der Waals surface area contributed by atoms with Crippen molar-refractivity contribution < 1.29 is 13.2 Å². The first kappa shape index (κ1) is 14.5. The molecule has 0 bridgehead atoms. The fraction of sp³-hybridized carbons (Fsp3) is 0.429. The lowest BCUT2D eigenvalue weighted by Gasteiger charge is -2.11. The lowest BCUT2D eigenvalue weighted by molar-refractivity contribution is 0.432. The van der Waals surface area contributed by atoms with Crippen molar-refractivity contribution >= 4 is 26.9 Å². The predicted octanol–water partition coefficient (Wildman–Crippen LogP) is 4.84. The summed E-state index contributed by atoms with van der Waals surface area (Å²) in [5.41, 5.74) is 0.807. The van der Waals surface area contributed by atoms with Crippen LogP contribution >= 0.6 is 15.9 Å². The summed E-state index contributed by atoms with van der Waals surface area (Å²) in [5.74, 6) is -1.20. The Bertz CT molecular complexity index is 609. The van der Waals surface area contributed by atoms with E-state index >= 15 is 0 Å². The molecule has 1 heterocycles. The second-order valence-electron chi connectivity index (χ2n) is 4.63. The zero-order chi connectivity index (χ0) is 14.2. The zero-order valence-corrected chi connectivity index (χ0v) is 12.7. The molecule has 0 fully saturated rings. The molecule has 5 heteroatoms. The molecule has 0 aliphatic rings. The van der Waals surface area contributed by atoms with Crippen LogP contribution in [-0.2, 0) is 0 Å². The van der Waals surface area contributed by atoms with Crippen LogP contribution in [0.2, 0.25) is 0 Å². The number of halogens is 3. The highest BCUT2D eigenvalue weighted by molar-refractivity contribution is 9.10. The Hall–Kier alpha value is -0.940. The van der Waals surface area contributed by atoms with E-state index in [-0.39, 0.29) is 11.6 Å². The second-order valence-corrected chi connectivity index (χ2v) is 5.48. The molecule has 0 amide bonds. The number of furan rings is 1. The normalized spacial score (nSPS) is 13.2. The fourth-order valence-electron chi connectivity index (χ4n) is 2.20. The van der Waals surface area contributed by atoms with Gasteiger partial charge in [0.1, 0.15) is 5.76 Å². The first-order valence-corrected chi connectivity index (χ1v) is 7.06. The maximum atomic E-state index is 13.8. The molecule has 19 heavy (non-hydrogen) atoms. The average Bonchev–Trinajstić information content (AvgIpc) is 2.71. The number of aryl methyl sites for hydroxylation is 1. The van der Waals surface area contributed by atoms with Crippen molar-refractivity contribution in [1.29, 1.82) is 0 Å². The lowest BCUT2D eigenvalue weighted by atomic mass is 10.1. The summed E-state index contributed by atoms with van der Waals surface area (Å²) in [6.45, 7) is 6.71. The molecular weight excluding hydrogens is 316 g/mol. The van der Waals surface area contributed by atoms with E-state index in [9.17, 15) is 8.78 Å². The molecule has 1 aromatic heterocycles. The van der Waals surface area contributed by atoms with Gasteiger partial charge in [0.05, 0.1) is 6.04 Å². The molecule has 104 valence electrons. The first-order chi connectivity index (χ1) is 8.97. The van der Waals surface area contributed by atoms with Gasteiger partial charge in [-0.1, -0.05) is 6.92 Å². The van der Waals surface area contributed by atoms with E-state index < -0.39 is 11.6 Å². The van der Waals surface area contributed by atoms with Crippen LogP contribution in [0.4, 0.5) is 8.78 Å². The summed E-state index contributed by atoms with van der Waals surface area (Å²) in [7, 11) is 0. The van der Waals surface area contributed by atoms with Crippen molar-refractivity contribution in [2.75, 3.05) is 6.54 Å². The second kappa shape index (κ2) is 5.59. The van der Waals surface area contributed by atoms with Crippen LogP contribution in [0.3, 0.4) is 0 Å². The molecule has 1 atom stereocenters. The van der Waals surface area contributed by atoms with E-state index in [4.69, 9.17) is 4.42 Å². The highest BCUT2D eigenvalue weighted by Crippen LogP contribution is 2.36. The summed E-state index contributed by atoms with van der Waals surface area (Å²) in [6.07, 6.45) is 0.996. The maximum absolute atomic E-state index is 13.8. The van der Waals surface area contributed by atoms with Crippen LogP contribution in [0.5, 0.6) is 0 Å². The minimum atomic E-state index is -0.935. The third-order valence-corrected chi connectivity index (χ3v) is 3.80. The average molecular weight is 332 g/mol. The number of nitrogens with one attached hydrogen (secondary N) is 1. The molecule has 0 saturated heterocycles. The van der Waals surface area contributed by atoms with Gasteiger partial charge >= 0.3 is 0 Å². The van der Waals surface area contributed by atoms with Crippen molar-refractivity contribution in [3.05, 3.63) is 33.5 Å². The van der Waals surface area contributed by atoms with Crippen molar-refractivity contribution in [2.24, 2.45) is 0 Å². The van der Waals surface area contributed by atoms with Crippen LogP contribution in [0.25, 0.3) is 11.0 Å². The highest BCUT2D eigenvalue weighted by atomic mass is 79.9. The van der Waals surface area contributed by atoms with Crippen molar-refractivity contribution in [3.8, 4) is 0 Å². The molecule has 2 nitrogen and oxygen atoms in total. The van der Waals surface area contributed by atoms with Gasteiger partial charge in [-0.25, -0.2) is 4.39 Å². The number of hydrogen-bond donors (Lipinski definition) is 1. The Morgan fingerprint density at radius 2 is 2.11 bits per heavy atom. The summed E-state index contributed by atoms with van der Waals surface area (Å²) in [4.78, 5) is 0. The van der Waals surface area contributed by atoms with E-state index in [0.717, 1.165) is 24.6 Å². The SMILES string of the molecule is CCCNC(C)c1oc2c(F)c(F)cc(Br)c2c1C. The van der Waals surface area contributed by atoms with Gasteiger partial charge in [-0.05, 0) is 48.8 Å². The van der Waals surface area contributed by atoms with Crippen LogP contribution in [0.1, 0.15) is 37.6 Å². The summed E-state index contributed by atoms with van der Waals surface area (Å²) in [5, 5.41) is 3.87. The number of benzene rings is 1. The van der Waals surface area contributed by atoms with Gasteiger partial charge in [0.25, 0.3) is 0 Å². The standard InChI is InChI=1S/C14H16BrF2NO/c1-4-5-18-8(3)13-7(2)11-9(15)6-10(16)12(17)14(11)19-13/h6,8,18H,4-5H2,1-3H3. The lowest BCUT2D eigenvalue weighted by Crippen LogP contribution is -2.19. The van der Waals surface area contributed by atoms with E-state index in [1.165, 1.54) is 0 Å². The number of rotatable bonds is 4. The van der Waals surface area contributed by atoms with Gasteiger partial charge in [0.15, 0.2) is 11.4 Å². The van der Waals surface area contributed by atoms with Gasteiger partial charge in [-0.2, -0.15) is 4.39 Å². The quantitative estimate of drug-likeness (QED) is 0.810. The van der Waals surface area contributed by atoms with E-state index in [0.29, 0.717) is 15.6 Å². The molecule has 2 rings (SSSR count). The summed E-state index contributed by atoms with van der Waals surface area (Å²) < 4.78 is 33.2. The van der Waals surface area contributed by atoms with E-state index in [2.05, 4.69) is 28.2 Å². The van der Waals surface area contributed by atoms with E-state index in [1.807, 2.05) is 13.8 Å². The third kappa shape index (κ3) is 2.54. The molecule has 0 aliphatic heterocycles. The van der Waals surface area contributed by atoms with Crippen LogP contribution in [-0.4, -0.2) is 6.54 Å². The van der Waals surface area contributed by atoms with Gasteiger partial charge in [0, 0.05) is 15.4 Å². The van der Waals surface area contributed by atoms with Gasteiger partial charge in [-0.15, -0.1) is 0 Å². The third-order valence-electron chi connectivity index (χ3n) is 3.18. The van der Waals surface area contributed by atoms with Crippen LogP contribution in [0.15, 0.2) is 15.0 Å². The van der Waals surface area contributed by atoms with Crippen molar-refractivity contribution in [1.82, 2.24) is 5.32 Å². The van der Waals surface area contributed by atoms with Crippen molar-refractivity contribution in [2.45, 2.75) is 33.2 Å². The first-order valence-electron chi connectivity index (χ1n) is 6.27. The maximum Gasteiger partial charge on any atom is 0.201 e. The molecule has 1 N–H and O–H groups in total. The number of fused-ring (bicyclic) bond motifs is 1. The minimum Gasteiger partial charge on any atom is -0.456 e. The molecule has 0 radical (unpaired) electrons. The Balaban J connectivity index is 2.56. The van der Waals surface area contributed by atoms with Gasteiger partial charge in [0.2, 0.25) is 5.82 Å². The molecule has 1 aromatic carbocycles. The molecule has 2 aromatic rings. The molecule has 0 spiro atoms. The van der Waals surface area contributed by atoms with Gasteiger partial charge in [-0.3, -0.25) is 0 Å². The molecule has 0 aliphatic carbocycles.